The van der Waals surface area contributed by atoms with Crippen molar-refractivity contribution in [2.24, 2.45) is 4.99 Å². The third kappa shape index (κ3) is 9.65. The minimum atomic E-state index is -2.98. The van der Waals surface area contributed by atoms with Gasteiger partial charge in [0.15, 0.2) is 5.96 Å². The summed E-state index contributed by atoms with van der Waals surface area (Å²) < 4.78 is 27.9. The zero-order chi connectivity index (χ0) is 15.8. The SMILES string of the molecule is CS(=O)(=O)CCN=C(NCCOc1ccccc1)NC1CC1.I. The highest BCUT2D eigenvalue weighted by Crippen LogP contribution is 2.18. The number of halogens is 1. The fourth-order valence-corrected chi connectivity index (χ4v) is 2.17. The summed E-state index contributed by atoms with van der Waals surface area (Å²) in [5.41, 5.74) is 0. The minimum absolute atomic E-state index is 0. The van der Waals surface area contributed by atoms with E-state index < -0.39 is 9.84 Å². The molecule has 2 N–H and O–H groups in total. The lowest BCUT2D eigenvalue weighted by atomic mass is 10.3. The van der Waals surface area contributed by atoms with E-state index >= 15 is 0 Å². The Labute approximate surface area is 155 Å². The van der Waals surface area contributed by atoms with Crippen LogP contribution < -0.4 is 15.4 Å². The molecule has 0 atom stereocenters. The maximum atomic E-state index is 11.1. The Morgan fingerprint density at radius 1 is 1.30 bits per heavy atom. The van der Waals surface area contributed by atoms with Gasteiger partial charge in [-0.15, -0.1) is 24.0 Å². The summed E-state index contributed by atoms with van der Waals surface area (Å²) in [5.74, 6) is 1.54. The van der Waals surface area contributed by atoms with E-state index in [1.165, 1.54) is 6.26 Å². The number of rotatable bonds is 8. The normalized spacial score (nSPS) is 14.7. The predicted octanol–water partition coefficient (Wildman–Crippen LogP) is 1.43. The first kappa shape index (κ1) is 20.0. The lowest BCUT2D eigenvalue weighted by Crippen LogP contribution is -2.40. The highest BCUT2D eigenvalue weighted by molar-refractivity contribution is 14.0. The maximum Gasteiger partial charge on any atom is 0.191 e. The second kappa shape index (κ2) is 9.96. The van der Waals surface area contributed by atoms with E-state index in [4.69, 9.17) is 4.74 Å². The van der Waals surface area contributed by atoms with Crippen molar-refractivity contribution in [3.8, 4) is 5.75 Å². The summed E-state index contributed by atoms with van der Waals surface area (Å²) in [6, 6.07) is 10.1. The van der Waals surface area contributed by atoms with Gasteiger partial charge in [0.2, 0.25) is 0 Å². The number of nitrogens with zero attached hydrogens (tertiary/aromatic N) is 1. The fraction of sp³-hybridized carbons (Fsp3) is 0.533. The Morgan fingerprint density at radius 2 is 2.00 bits per heavy atom. The number of nitrogens with one attached hydrogen (secondary N) is 2. The Morgan fingerprint density at radius 3 is 2.61 bits per heavy atom. The van der Waals surface area contributed by atoms with Crippen LogP contribution in [0.4, 0.5) is 0 Å². The fourth-order valence-electron chi connectivity index (χ4n) is 1.75. The van der Waals surface area contributed by atoms with Crippen LogP contribution in [0, 0.1) is 0 Å². The Bertz CT molecular complexity index is 589. The van der Waals surface area contributed by atoms with Gasteiger partial charge in [-0.25, -0.2) is 8.42 Å². The number of sulfone groups is 1. The largest absolute Gasteiger partial charge is 0.492 e. The molecule has 6 nitrogen and oxygen atoms in total. The quantitative estimate of drug-likeness (QED) is 0.270. The monoisotopic (exact) mass is 453 g/mol. The van der Waals surface area contributed by atoms with Crippen LogP contribution in [0.5, 0.6) is 5.75 Å². The van der Waals surface area contributed by atoms with Crippen molar-refractivity contribution in [1.29, 1.82) is 0 Å². The molecule has 1 aromatic rings. The van der Waals surface area contributed by atoms with Crippen molar-refractivity contribution < 1.29 is 13.2 Å². The average Bonchev–Trinajstić information content (AvgIpc) is 3.27. The van der Waals surface area contributed by atoms with Gasteiger partial charge in [-0.05, 0) is 25.0 Å². The van der Waals surface area contributed by atoms with E-state index in [0.29, 0.717) is 25.2 Å². The number of guanidine groups is 1. The van der Waals surface area contributed by atoms with E-state index in [-0.39, 0.29) is 36.3 Å². The number of benzene rings is 1. The van der Waals surface area contributed by atoms with Crippen molar-refractivity contribution >= 4 is 39.8 Å². The summed E-state index contributed by atoms with van der Waals surface area (Å²) >= 11 is 0. The van der Waals surface area contributed by atoms with Gasteiger partial charge in [0.1, 0.15) is 22.2 Å². The molecule has 2 rings (SSSR count). The van der Waals surface area contributed by atoms with Gasteiger partial charge < -0.3 is 15.4 Å². The van der Waals surface area contributed by atoms with Crippen LogP contribution >= 0.6 is 24.0 Å². The third-order valence-corrected chi connectivity index (χ3v) is 3.98. The summed E-state index contributed by atoms with van der Waals surface area (Å²) in [6.45, 7) is 1.38. The van der Waals surface area contributed by atoms with E-state index in [0.717, 1.165) is 18.6 Å². The molecule has 130 valence electrons. The Kier molecular flexibility index (Phi) is 8.67. The highest BCUT2D eigenvalue weighted by Gasteiger charge is 2.22. The molecular weight excluding hydrogens is 429 g/mol. The van der Waals surface area contributed by atoms with Gasteiger partial charge in [-0.2, -0.15) is 0 Å². The van der Waals surface area contributed by atoms with E-state index in [1.807, 2.05) is 30.3 Å². The van der Waals surface area contributed by atoms with Gasteiger partial charge in [0.25, 0.3) is 0 Å². The highest BCUT2D eigenvalue weighted by atomic mass is 127. The summed E-state index contributed by atoms with van der Waals surface area (Å²) in [4.78, 5) is 4.29. The second-order valence-electron chi connectivity index (χ2n) is 5.37. The maximum absolute atomic E-state index is 11.1. The van der Waals surface area contributed by atoms with Crippen LogP contribution in [-0.2, 0) is 9.84 Å². The van der Waals surface area contributed by atoms with Gasteiger partial charge >= 0.3 is 0 Å². The summed E-state index contributed by atoms with van der Waals surface area (Å²) in [5, 5.41) is 6.43. The Balaban J connectivity index is 0.00000264. The van der Waals surface area contributed by atoms with Crippen molar-refractivity contribution in [3.63, 3.8) is 0 Å². The van der Waals surface area contributed by atoms with Crippen LogP contribution in [0.3, 0.4) is 0 Å². The lowest BCUT2D eigenvalue weighted by Gasteiger charge is -2.12. The number of hydrogen-bond acceptors (Lipinski definition) is 4. The molecule has 0 aromatic heterocycles. The number of ether oxygens (including phenoxy) is 1. The standard InChI is InChI=1S/C15H23N3O3S.HI/c1-22(19,20)12-10-17-15(18-13-7-8-13)16-9-11-21-14-5-3-2-4-6-14;/h2-6,13H,7-12H2,1H3,(H2,16,17,18);1H. The third-order valence-electron chi connectivity index (χ3n) is 3.06. The van der Waals surface area contributed by atoms with E-state index in [9.17, 15) is 8.42 Å². The number of para-hydroxylation sites is 1. The van der Waals surface area contributed by atoms with Crippen LogP contribution in [-0.4, -0.2) is 52.1 Å². The zero-order valence-electron chi connectivity index (χ0n) is 13.2. The van der Waals surface area contributed by atoms with Crippen molar-refractivity contribution in [2.75, 3.05) is 31.7 Å². The average molecular weight is 453 g/mol. The van der Waals surface area contributed by atoms with Crippen molar-refractivity contribution in [3.05, 3.63) is 30.3 Å². The molecule has 0 spiro atoms. The zero-order valence-corrected chi connectivity index (χ0v) is 16.3. The molecule has 8 heteroatoms. The molecule has 0 heterocycles. The van der Waals surface area contributed by atoms with Crippen LogP contribution in [0.2, 0.25) is 0 Å². The number of aliphatic imine (C=N–C) groups is 1. The topological polar surface area (TPSA) is 79.8 Å². The van der Waals surface area contributed by atoms with Gasteiger partial charge in [0, 0.05) is 12.3 Å². The van der Waals surface area contributed by atoms with E-state index in [1.54, 1.807) is 0 Å². The second-order valence-corrected chi connectivity index (χ2v) is 7.63. The van der Waals surface area contributed by atoms with Crippen LogP contribution in [0.1, 0.15) is 12.8 Å². The van der Waals surface area contributed by atoms with Crippen LogP contribution in [0.15, 0.2) is 35.3 Å². The molecule has 1 saturated carbocycles. The molecule has 1 aliphatic rings. The molecule has 0 amide bonds. The first-order valence-electron chi connectivity index (χ1n) is 7.43. The molecule has 0 radical (unpaired) electrons. The minimum Gasteiger partial charge on any atom is -0.492 e. The van der Waals surface area contributed by atoms with Crippen molar-refractivity contribution in [2.45, 2.75) is 18.9 Å². The number of hydrogen-bond donors (Lipinski definition) is 2. The van der Waals surface area contributed by atoms with Crippen molar-refractivity contribution in [1.82, 2.24) is 10.6 Å². The summed E-state index contributed by atoms with van der Waals surface area (Å²) in [7, 11) is -2.98. The molecule has 0 bridgehead atoms. The molecule has 1 fully saturated rings. The predicted molar refractivity (Wildman–Crippen MR) is 104 cm³/mol. The first-order valence-corrected chi connectivity index (χ1v) is 9.49. The summed E-state index contributed by atoms with van der Waals surface area (Å²) in [6.07, 6.45) is 3.48. The van der Waals surface area contributed by atoms with Crippen LogP contribution in [0.25, 0.3) is 0 Å². The molecule has 0 unspecified atom stereocenters. The van der Waals surface area contributed by atoms with E-state index in [2.05, 4.69) is 15.6 Å². The molecule has 0 saturated heterocycles. The molecule has 23 heavy (non-hydrogen) atoms. The smallest absolute Gasteiger partial charge is 0.191 e. The van der Waals surface area contributed by atoms with Gasteiger partial charge in [0.05, 0.1) is 18.8 Å². The molecule has 0 aliphatic heterocycles. The molecule has 1 aromatic carbocycles. The van der Waals surface area contributed by atoms with Gasteiger partial charge in [-0.3, -0.25) is 4.99 Å². The Hall–Kier alpha value is -1.03. The molecular formula is C15H24IN3O3S. The van der Waals surface area contributed by atoms with Gasteiger partial charge in [-0.1, -0.05) is 18.2 Å². The molecule has 1 aliphatic carbocycles. The lowest BCUT2D eigenvalue weighted by molar-refractivity contribution is 0.322. The first-order chi connectivity index (χ1) is 10.5.